The summed E-state index contributed by atoms with van der Waals surface area (Å²) in [5.74, 6) is 2.52. The van der Waals surface area contributed by atoms with Crippen LogP contribution in [0.2, 0.25) is 0 Å². The van der Waals surface area contributed by atoms with Crippen molar-refractivity contribution in [2.45, 2.75) is 13.1 Å². The van der Waals surface area contributed by atoms with Crippen LogP contribution >= 0.6 is 24.0 Å². The van der Waals surface area contributed by atoms with E-state index in [1.807, 2.05) is 42.9 Å². The summed E-state index contributed by atoms with van der Waals surface area (Å²) in [6.07, 6.45) is 1.68. The maximum Gasteiger partial charge on any atom is 0.194 e. The third kappa shape index (κ3) is 5.38. The van der Waals surface area contributed by atoms with Crippen LogP contribution in [0.1, 0.15) is 11.4 Å². The van der Waals surface area contributed by atoms with E-state index in [1.54, 1.807) is 20.5 Å². The number of benzene rings is 1. The Morgan fingerprint density at radius 3 is 2.57 bits per heavy atom. The van der Waals surface area contributed by atoms with E-state index in [9.17, 15) is 0 Å². The first-order valence-electron chi connectivity index (χ1n) is 7.01. The van der Waals surface area contributed by atoms with E-state index in [0.717, 1.165) is 24.1 Å². The summed E-state index contributed by atoms with van der Waals surface area (Å²) in [7, 11) is 7.35. The predicted molar refractivity (Wildman–Crippen MR) is 101 cm³/mol. The molecule has 8 heteroatoms. The number of aromatic nitrogens is 3. The van der Waals surface area contributed by atoms with Crippen LogP contribution in [0.5, 0.6) is 5.75 Å². The average Bonchev–Trinajstić information content (AvgIpc) is 2.94. The van der Waals surface area contributed by atoms with Crippen molar-refractivity contribution in [2.24, 2.45) is 12.0 Å². The SMILES string of the molecule is CN=C(NCc1nncn1C)N(C)Cc1ccc(OC)cc1.I. The molecule has 23 heavy (non-hydrogen) atoms. The summed E-state index contributed by atoms with van der Waals surface area (Å²) in [6.45, 7) is 1.33. The summed E-state index contributed by atoms with van der Waals surface area (Å²) in [5.41, 5.74) is 1.19. The van der Waals surface area contributed by atoms with Gasteiger partial charge in [-0.1, -0.05) is 12.1 Å². The number of hydrogen-bond acceptors (Lipinski definition) is 4. The third-order valence-electron chi connectivity index (χ3n) is 3.36. The Morgan fingerprint density at radius 2 is 2.04 bits per heavy atom. The van der Waals surface area contributed by atoms with Crippen LogP contribution in [-0.4, -0.2) is 46.8 Å². The van der Waals surface area contributed by atoms with Crippen LogP contribution in [0.15, 0.2) is 35.6 Å². The zero-order chi connectivity index (χ0) is 15.9. The van der Waals surface area contributed by atoms with Gasteiger partial charge in [0.25, 0.3) is 0 Å². The molecular formula is C15H23IN6O. The van der Waals surface area contributed by atoms with Gasteiger partial charge in [-0.2, -0.15) is 0 Å². The van der Waals surface area contributed by atoms with Gasteiger partial charge < -0.3 is 19.5 Å². The Hall–Kier alpha value is -1.84. The normalized spacial score (nSPS) is 10.9. The zero-order valence-electron chi connectivity index (χ0n) is 13.9. The number of methoxy groups -OCH3 is 1. The quantitative estimate of drug-likeness (QED) is 0.444. The summed E-state index contributed by atoms with van der Waals surface area (Å²) in [5, 5.41) is 11.2. The largest absolute Gasteiger partial charge is 0.497 e. The highest BCUT2D eigenvalue weighted by Crippen LogP contribution is 2.12. The lowest BCUT2D eigenvalue weighted by Crippen LogP contribution is -2.38. The van der Waals surface area contributed by atoms with Gasteiger partial charge in [-0.25, -0.2) is 0 Å². The molecule has 2 aromatic rings. The van der Waals surface area contributed by atoms with Gasteiger partial charge in [0, 0.05) is 27.7 Å². The van der Waals surface area contributed by atoms with Gasteiger partial charge in [-0.05, 0) is 17.7 Å². The lowest BCUT2D eigenvalue weighted by molar-refractivity contribution is 0.414. The van der Waals surface area contributed by atoms with Gasteiger partial charge in [-0.15, -0.1) is 34.2 Å². The Kier molecular flexibility index (Phi) is 7.79. The predicted octanol–water partition coefficient (Wildman–Crippen LogP) is 1.65. The van der Waals surface area contributed by atoms with Crippen molar-refractivity contribution < 1.29 is 4.74 Å². The minimum Gasteiger partial charge on any atom is -0.497 e. The molecule has 0 bridgehead atoms. The molecule has 1 N–H and O–H groups in total. The minimum absolute atomic E-state index is 0. The first-order chi connectivity index (χ1) is 10.6. The molecule has 0 saturated carbocycles. The maximum atomic E-state index is 5.17. The second-order valence-corrected chi connectivity index (χ2v) is 4.96. The number of guanidine groups is 1. The zero-order valence-corrected chi connectivity index (χ0v) is 16.2. The Balaban J connectivity index is 0.00000264. The van der Waals surface area contributed by atoms with E-state index >= 15 is 0 Å². The Bertz CT molecular complexity index is 625. The van der Waals surface area contributed by atoms with E-state index in [4.69, 9.17) is 4.74 Å². The lowest BCUT2D eigenvalue weighted by Gasteiger charge is -2.22. The van der Waals surface area contributed by atoms with Crippen molar-refractivity contribution in [3.63, 3.8) is 0 Å². The van der Waals surface area contributed by atoms with Crippen LogP contribution in [0, 0.1) is 0 Å². The number of rotatable bonds is 5. The second kappa shape index (κ2) is 9.33. The lowest BCUT2D eigenvalue weighted by atomic mass is 10.2. The molecule has 0 fully saturated rings. The van der Waals surface area contributed by atoms with E-state index in [2.05, 4.69) is 25.4 Å². The Labute approximate surface area is 153 Å². The van der Waals surface area contributed by atoms with Gasteiger partial charge in [0.05, 0.1) is 13.7 Å². The molecule has 0 aliphatic carbocycles. The monoisotopic (exact) mass is 430 g/mol. The van der Waals surface area contributed by atoms with Gasteiger partial charge >= 0.3 is 0 Å². The van der Waals surface area contributed by atoms with Crippen molar-refractivity contribution in [3.05, 3.63) is 42.0 Å². The number of nitrogens with zero attached hydrogens (tertiary/aromatic N) is 5. The second-order valence-electron chi connectivity index (χ2n) is 4.96. The number of halogens is 1. The Morgan fingerprint density at radius 1 is 1.35 bits per heavy atom. The fourth-order valence-electron chi connectivity index (χ4n) is 2.09. The molecule has 0 spiro atoms. The van der Waals surface area contributed by atoms with Crippen molar-refractivity contribution in [2.75, 3.05) is 21.2 Å². The van der Waals surface area contributed by atoms with Crippen molar-refractivity contribution in [1.82, 2.24) is 25.0 Å². The van der Waals surface area contributed by atoms with Crippen molar-refractivity contribution in [3.8, 4) is 5.75 Å². The standard InChI is InChI=1S/C15H22N6O.HI/c1-16-15(17-9-14-19-18-11-21(14)3)20(2)10-12-5-7-13(22-4)8-6-12;/h5-8,11H,9-10H2,1-4H3,(H,16,17);1H. The third-order valence-corrected chi connectivity index (χ3v) is 3.36. The number of ether oxygens (including phenoxy) is 1. The van der Waals surface area contributed by atoms with Gasteiger partial charge in [0.1, 0.15) is 12.1 Å². The summed E-state index contributed by atoms with van der Waals surface area (Å²) < 4.78 is 7.05. The molecule has 0 amide bonds. The molecule has 0 unspecified atom stereocenters. The summed E-state index contributed by atoms with van der Waals surface area (Å²) >= 11 is 0. The molecule has 0 atom stereocenters. The van der Waals surface area contributed by atoms with E-state index in [-0.39, 0.29) is 24.0 Å². The molecular weight excluding hydrogens is 407 g/mol. The molecule has 2 rings (SSSR count). The maximum absolute atomic E-state index is 5.17. The highest BCUT2D eigenvalue weighted by molar-refractivity contribution is 14.0. The molecule has 0 aliphatic heterocycles. The van der Waals surface area contributed by atoms with Gasteiger partial charge in [0.2, 0.25) is 0 Å². The topological polar surface area (TPSA) is 67.6 Å². The first kappa shape index (κ1) is 19.2. The molecule has 7 nitrogen and oxygen atoms in total. The molecule has 1 heterocycles. The number of nitrogens with one attached hydrogen (secondary N) is 1. The molecule has 1 aromatic carbocycles. The summed E-state index contributed by atoms with van der Waals surface area (Å²) in [4.78, 5) is 6.35. The highest BCUT2D eigenvalue weighted by atomic mass is 127. The first-order valence-corrected chi connectivity index (χ1v) is 7.01. The molecule has 126 valence electrons. The fraction of sp³-hybridized carbons (Fsp3) is 0.400. The van der Waals surface area contributed by atoms with Crippen LogP contribution in [0.3, 0.4) is 0 Å². The van der Waals surface area contributed by atoms with Crippen LogP contribution in [0.25, 0.3) is 0 Å². The van der Waals surface area contributed by atoms with Gasteiger partial charge in [-0.3, -0.25) is 4.99 Å². The van der Waals surface area contributed by atoms with Crippen molar-refractivity contribution in [1.29, 1.82) is 0 Å². The molecule has 0 saturated heterocycles. The highest BCUT2D eigenvalue weighted by Gasteiger charge is 2.08. The number of aryl methyl sites for hydroxylation is 1. The van der Waals surface area contributed by atoms with E-state index in [0.29, 0.717) is 6.54 Å². The fourth-order valence-corrected chi connectivity index (χ4v) is 2.09. The van der Waals surface area contributed by atoms with Crippen LogP contribution < -0.4 is 10.1 Å². The summed E-state index contributed by atoms with van der Waals surface area (Å²) in [6, 6.07) is 8.01. The smallest absolute Gasteiger partial charge is 0.194 e. The van der Waals surface area contributed by atoms with E-state index in [1.165, 1.54) is 5.56 Å². The molecule has 1 aromatic heterocycles. The van der Waals surface area contributed by atoms with Gasteiger partial charge in [0.15, 0.2) is 11.8 Å². The number of hydrogen-bond donors (Lipinski definition) is 1. The minimum atomic E-state index is 0. The molecule has 0 aliphatic rings. The van der Waals surface area contributed by atoms with Crippen molar-refractivity contribution >= 4 is 29.9 Å². The average molecular weight is 430 g/mol. The molecule has 0 radical (unpaired) electrons. The van der Waals surface area contributed by atoms with Crippen LogP contribution in [0.4, 0.5) is 0 Å². The van der Waals surface area contributed by atoms with E-state index < -0.39 is 0 Å². The number of aliphatic imine (C=N–C) groups is 1. The van der Waals surface area contributed by atoms with Crippen LogP contribution in [-0.2, 0) is 20.1 Å².